The van der Waals surface area contributed by atoms with Gasteiger partial charge in [-0.2, -0.15) is 0 Å². The third-order valence-corrected chi connectivity index (χ3v) is 6.31. The van der Waals surface area contributed by atoms with Crippen LogP contribution in [0.1, 0.15) is 32.1 Å². The number of anilines is 1. The first-order chi connectivity index (χ1) is 12.7. The summed E-state index contributed by atoms with van der Waals surface area (Å²) in [4.78, 5) is 12.6. The number of carbonyl (C=O) groups is 1. The van der Waals surface area contributed by atoms with Gasteiger partial charge in [-0.3, -0.25) is 4.79 Å². The molecule has 2 aliphatic carbocycles. The normalized spacial score (nSPS) is 24.4. The highest BCUT2D eigenvalue weighted by atomic mass is 16.5. The zero-order valence-corrected chi connectivity index (χ0v) is 15.0. The number of nitrogens with one attached hydrogen (secondary N) is 1. The maximum atomic E-state index is 12.6. The van der Waals surface area contributed by atoms with E-state index in [2.05, 4.69) is 5.32 Å². The van der Waals surface area contributed by atoms with Crippen molar-refractivity contribution in [2.75, 3.05) is 12.4 Å². The van der Waals surface area contributed by atoms with E-state index < -0.39 is 0 Å². The van der Waals surface area contributed by atoms with E-state index in [1.54, 1.807) is 7.11 Å². The van der Waals surface area contributed by atoms with Gasteiger partial charge < -0.3 is 14.5 Å². The molecule has 1 amide bonds. The summed E-state index contributed by atoms with van der Waals surface area (Å²) in [6.07, 6.45) is 5.82. The standard InChI is InChI=1S/C22H23NO3/c1-25-21-11-17-16-4-2-3-5-19(16)26-20(17)12-18(21)23-22(24)10-15-9-13-6-7-14(15)8-13/h2-5,11-15H,6-10H2,1H3,(H,23,24)/t13-,14+,15-/m0/s1. The van der Waals surface area contributed by atoms with Crippen molar-refractivity contribution in [2.45, 2.75) is 32.1 Å². The van der Waals surface area contributed by atoms with E-state index in [1.165, 1.54) is 25.7 Å². The van der Waals surface area contributed by atoms with Gasteiger partial charge in [-0.25, -0.2) is 0 Å². The van der Waals surface area contributed by atoms with Gasteiger partial charge in [0.05, 0.1) is 12.8 Å². The van der Waals surface area contributed by atoms with Gasteiger partial charge in [0.25, 0.3) is 0 Å². The van der Waals surface area contributed by atoms with E-state index >= 15 is 0 Å². The van der Waals surface area contributed by atoms with E-state index in [4.69, 9.17) is 9.15 Å². The van der Waals surface area contributed by atoms with Crippen LogP contribution < -0.4 is 10.1 Å². The van der Waals surface area contributed by atoms with Gasteiger partial charge in [-0.05, 0) is 49.1 Å². The summed E-state index contributed by atoms with van der Waals surface area (Å²) in [6, 6.07) is 11.8. The van der Waals surface area contributed by atoms with Crippen molar-refractivity contribution in [1.29, 1.82) is 0 Å². The maximum Gasteiger partial charge on any atom is 0.224 e. The van der Waals surface area contributed by atoms with Crippen LogP contribution in [0.4, 0.5) is 5.69 Å². The number of fused-ring (bicyclic) bond motifs is 5. The van der Waals surface area contributed by atoms with Crippen LogP contribution >= 0.6 is 0 Å². The second-order valence-electron chi connectivity index (χ2n) is 7.83. The lowest BCUT2D eigenvalue weighted by Crippen LogP contribution is -2.20. The fourth-order valence-electron chi connectivity index (χ4n) is 5.08. The van der Waals surface area contributed by atoms with E-state index in [0.29, 0.717) is 23.8 Å². The second-order valence-corrected chi connectivity index (χ2v) is 7.83. The number of hydrogen-bond acceptors (Lipinski definition) is 3. The molecule has 134 valence electrons. The molecule has 0 saturated heterocycles. The topological polar surface area (TPSA) is 51.5 Å². The van der Waals surface area contributed by atoms with Crippen molar-refractivity contribution < 1.29 is 13.9 Å². The molecule has 2 aromatic carbocycles. The Morgan fingerprint density at radius 2 is 2.04 bits per heavy atom. The van der Waals surface area contributed by atoms with Crippen LogP contribution in [0.5, 0.6) is 5.75 Å². The largest absolute Gasteiger partial charge is 0.495 e. The van der Waals surface area contributed by atoms with E-state index in [1.807, 2.05) is 36.4 Å². The Morgan fingerprint density at radius 3 is 2.81 bits per heavy atom. The van der Waals surface area contributed by atoms with E-state index in [-0.39, 0.29) is 5.91 Å². The number of hydrogen-bond donors (Lipinski definition) is 1. The number of furan rings is 1. The molecule has 5 rings (SSSR count). The number of rotatable bonds is 4. The SMILES string of the molecule is COc1cc2c(cc1NC(=O)C[C@@H]1C[C@H]3CC[C@@H]1C3)oc1ccccc12. The Hall–Kier alpha value is -2.49. The minimum Gasteiger partial charge on any atom is -0.495 e. The molecule has 26 heavy (non-hydrogen) atoms. The first-order valence-electron chi connectivity index (χ1n) is 9.50. The molecule has 2 bridgehead atoms. The average Bonchev–Trinajstić information content (AvgIpc) is 3.34. The van der Waals surface area contributed by atoms with Crippen molar-refractivity contribution in [3.63, 3.8) is 0 Å². The number of para-hydroxylation sites is 1. The highest BCUT2D eigenvalue weighted by molar-refractivity contribution is 6.07. The summed E-state index contributed by atoms with van der Waals surface area (Å²) in [5, 5.41) is 5.12. The summed E-state index contributed by atoms with van der Waals surface area (Å²) in [5.41, 5.74) is 2.30. The van der Waals surface area contributed by atoms with Crippen LogP contribution in [0.15, 0.2) is 40.8 Å². The molecule has 3 aromatic rings. The summed E-state index contributed by atoms with van der Waals surface area (Å²) in [7, 11) is 1.63. The predicted octanol–water partition coefficient (Wildman–Crippen LogP) is 5.36. The second kappa shape index (κ2) is 6.04. The number of benzene rings is 2. The molecule has 2 saturated carbocycles. The fraction of sp³-hybridized carbons (Fsp3) is 0.409. The van der Waals surface area contributed by atoms with Gasteiger partial charge in [0.2, 0.25) is 5.91 Å². The molecular weight excluding hydrogens is 326 g/mol. The summed E-state index contributed by atoms with van der Waals surface area (Å²) >= 11 is 0. The van der Waals surface area contributed by atoms with Gasteiger partial charge in [-0.15, -0.1) is 0 Å². The van der Waals surface area contributed by atoms with Crippen molar-refractivity contribution in [3.05, 3.63) is 36.4 Å². The van der Waals surface area contributed by atoms with Crippen LogP contribution in [0.3, 0.4) is 0 Å². The molecule has 0 unspecified atom stereocenters. The fourth-order valence-corrected chi connectivity index (χ4v) is 5.08. The Labute approximate surface area is 152 Å². The van der Waals surface area contributed by atoms with Gasteiger partial charge >= 0.3 is 0 Å². The highest BCUT2D eigenvalue weighted by Gasteiger charge is 2.40. The molecule has 3 atom stereocenters. The number of carbonyl (C=O) groups excluding carboxylic acids is 1. The molecule has 4 heteroatoms. The molecule has 2 fully saturated rings. The zero-order chi connectivity index (χ0) is 17.7. The Morgan fingerprint density at radius 1 is 1.15 bits per heavy atom. The van der Waals surface area contributed by atoms with Gasteiger partial charge in [0.15, 0.2) is 0 Å². The number of methoxy groups -OCH3 is 1. The third-order valence-electron chi connectivity index (χ3n) is 6.31. The lowest BCUT2D eigenvalue weighted by atomic mass is 9.86. The summed E-state index contributed by atoms with van der Waals surface area (Å²) in [6.45, 7) is 0. The zero-order valence-electron chi connectivity index (χ0n) is 15.0. The van der Waals surface area contributed by atoms with Crippen molar-refractivity contribution >= 4 is 33.5 Å². The Kier molecular flexibility index (Phi) is 3.66. The molecule has 2 aliphatic rings. The molecule has 1 heterocycles. The van der Waals surface area contributed by atoms with Crippen LogP contribution in [0, 0.1) is 17.8 Å². The van der Waals surface area contributed by atoms with Crippen LogP contribution in [0.2, 0.25) is 0 Å². The van der Waals surface area contributed by atoms with Crippen LogP contribution in [-0.2, 0) is 4.79 Å². The van der Waals surface area contributed by atoms with Crippen LogP contribution in [0.25, 0.3) is 21.9 Å². The minimum absolute atomic E-state index is 0.0799. The molecule has 0 aliphatic heterocycles. The third kappa shape index (κ3) is 2.56. The van der Waals surface area contributed by atoms with Gasteiger partial charge in [0, 0.05) is 23.3 Å². The highest BCUT2D eigenvalue weighted by Crippen LogP contribution is 2.49. The molecule has 1 N–H and O–H groups in total. The van der Waals surface area contributed by atoms with Crippen LogP contribution in [-0.4, -0.2) is 13.0 Å². The lowest BCUT2D eigenvalue weighted by Gasteiger charge is -2.21. The maximum absolute atomic E-state index is 12.6. The number of ether oxygens (including phenoxy) is 1. The molecule has 1 aromatic heterocycles. The Balaban J connectivity index is 1.42. The van der Waals surface area contributed by atoms with Gasteiger partial charge in [0.1, 0.15) is 16.9 Å². The minimum atomic E-state index is 0.0799. The average molecular weight is 349 g/mol. The van der Waals surface area contributed by atoms with Gasteiger partial charge in [-0.1, -0.05) is 24.6 Å². The number of amides is 1. The molecular formula is C22H23NO3. The van der Waals surface area contributed by atoms with Crippen molar-refractivity contribution in [3.8, 4) is 5.75 Å². The first kappa shape index (κ1) is 15.7. The van der Waals surface area contributed by atoms with E-state index in [0.717, 1.165) is 33.8 Å². The quantitative estimate of drug-likeness (QED) is 0.690. The molecule has 0 radical (unpaired) electrons. The monoisotopic (exact) mass is 349 g/mol. The molecule has 0 spiro atoms. The lowest BCUT2D eigenvalue weighted by molar-refractivity contribution is -0.117. The smallest absolute Gasteiger partial charge is 0.224 e. The first-order valence-corrected chi connectivity index (χ1v) is 9.50. The van der Waals surface area contributed by atoms with E-state index in [9.17, 15) is 4.79 Å². The van der Waals surface area contributed by atoms with Crippen molar-refractivity contribution in [2.24, 2.45) is 17.8 Å². The van der Waals surface area contributed by atoms with Crippen molar-refractivity contribution in [1.82, 2.24) is 0 Å². The predicted molar refractivity (Wildman–Crippen MR) is 102 cm³/mol. The Bertz CT molecular complexity index is 990. The summed E-state index contributed by atoms with van der Waals surface area (Å²) in [5.74, 6) is 2.92. The molecule has 4 nitrogen and oxygen atoms in total. The summed E-state index contributed by atoms with van der Waals surface area (Å²) < 4.78 is 11.5.